The highest BCUT2D eigenvalue weighted by molar-refractivity contribution is 5.94. The Hall–Kier alpha value is -1.62. The SMILES string of the molecule is Nc1ccc(N2C[C@@H]3CC[C@H](CC2=O)N3)cn1. The Morgan fingerprint density at radius 3 is 2.94 bits per heavy atom. The second kappa shape index (κ2) is 4.00. The number of anilines is 2. The van der Waals surface area contributed by atoms with Crippen LogP contribution >= 0.6 is 0 Å². The highest BCUT2D eigenvalue weighted by Crippen LogP contribution is 2.25. The third-order valence-corrected chi connectivity index (χ3v) is 3.54. The van der Waals surface area contributed by atoms with Gasteiger partial charge in [-0.3, -0.25) is 4.79 Å². The summed E-state index contributed by atoms with van der Waals surface area (Å²) in [6.07, 6.45) is 4.52. The highest BCUT2D eigenvalue weighted by Gasteiger charge is 2.33. The van der Waals surface area contributed by atoms with E-state index in [4.69, 9.17) is 5.73 Å². The highest BCUT2D eigenvalue weighted by atomic mass is 16.2. The molecule has 0 aliphatic carbocycles. The number of nitrogens with one attached hydrogen (secondary N) is 1. The number of carbonyl (C=O) groups is 1. The number of carbonyl (C=O) groups excluding carboxylic acids is 1. The molecule has 2 aliphatic rings. The molecule has 0 aromatic carbocycles. The van der Waals surface area contributed by atoms with E-state index in [1.54, 1.807) is 12.3 Å². The number of hydrogen-bond donors (Lipinski definition) is 2. The maximum absolute atomic E-state index is 12.1. The maximum Gasteiger partial charge on any atom is 0.228 e. The number of nitrogens with zero attached hydrogens (tertiary/aromatic N) is 2. The van der Waals surface area contributed by atoms with Crippen molar-refractivity contribution in [1.29, 1.82) is 0 Å². The Labute approximate surface area is 100 Å². The Kier molecular flexibility index (Phi) is 2.48. The number of aromatic nitrogens is 1. The van der Waals surface area contributed by atoms with Gasteiger partial charge in [-0.1, -0.05) is 0 Å². The minimum absolute atomic E-state index is 0.177. The van der Waals surface area contributed by atoms with Crippen LogP contribution in [0.4, 0.5) is 11.5 Å². The van der Waals surface area contributed by atoms with Gasteiger partial charge in [-0.25, -0.2) is 4.98 Å². The van der Waals surface area contributed by atoms with Crippen molar-refractivity contribution in [3.63, 3.8) is 0 Å². The second-order valence-corrected chi connectivity index (χ2v) is 4.79. The first-order valence-corrected chi connectivity index (χ1v) is 6.00. The van der Waals surface area contributed by atoms with Gasteiger partial charge in [0.25, 0.3) is 0 Å². The molecule has 1 aromatic heterocycles. The fraction of sp³-hybridized carbons (Fsp3) is 0.500. The van der Waals surface area contributed by atoms with Crippen LogP contribution in [0.5, 0.6) is 0 Å². The van der Waals surface area contributed by atoms with Crippen LogP contribution in [0.1, 0.15) is 19.3 Å². The van der Waals surface area contributed by atoms with Crippen molar-refractivity contribution in [3.8, 4) is 0 Å². The summed E-state index contributed by atoms with van der Waals surface area (Å²) >= 11 is 0. The van der Waals surface area contributed by atoms with E-state index in [0.717, 1.165) is 25.1 Å². The molecule has 5 heteroatoms. The smallest absolute Gasteiger partial charge is 0.228 e. The van der Waals surface area contributed by atoms with Gasteiger partial charge in [-0.2, -0.15) is 0 Å². The first kappa shape index (κ1) is 10.5. The third kappa shape index (κ3) is 1.98. The molecule has 17 heavy (non-hydrogen) atoms. The van der Waals surface area contributed by atoms with Crippen molar-refractivity contribution in [2.45, 2.75) is 31.3 Å². The van der Waals surface area contributed by atoms with Crippen LogP contribution in [0, 0.1) is 0 Å². The van der Waals surface area contributed by atoms with Crippen molar-refractivity contribution in [2.75, 3.05) is 17.2 Å². The van der Waals surface area contributed by atoms with Gasteiger partial charge in [0.15, 0.2) is 0 Å². The van der Waals surface area contributed by atoms with Gasteiger partial charge in [0, 0.05) is 25.0 Å². The minimum atomic E-state index is 0.177. The number of nitrogen functional groups attached to an aromatic ring is 1. The average Bonchev–Trinajstić information content (AvgIpc) is 2.67. The molecule has 2 aliphatic heterocycles. The number of rotatable bonds is 1. The Bertz CT molecular complexity index is 431. The average molecular weight is 232 g/mol. The molecule has 90 valence electrons. The summed E-state index contributed by atoms with van der Waals surface area (Å²) in [5.74, 6) is 0.659. The lowest BCUT2D eigenvalue weighted by molar-refractivity contribution is -0.118. The first-order valence-electron chi connectivity index (χ1n) is 6.00. The van der Waals surface area contributed by atoms with Crippen LogP contribution in [0.2, 0.25) is 0 Å². The summed E-state index contributed by atoms with van der Waals surface area (Å²) < 4.78 is 0. The molecule has 0 unspecified atom stereocenters. The van der Waals surface area contributed by atoms with Gasteiger partial charge < -0.3 is 16.0 Å². The van der Waals surface area contributed by atoms with Gasteiger partial charge in [0.1, 0.15) is 5.82 Å². The number of nitrogens with two attached hydrogens (primary N) is 1. The Balaban J connectivity index is 1.86. The summed E-state index contributed by atoms with van der Waals surface area (Å²) in [4.78, 5) is 18.0. The van der Waals surface area contributed by atoms with E-state index in [1.165, 1.54) is 0 Å². The molecule has 1 amide bonds. The van der Waals surface area contributed by atoms with Gasteiger partial charge in [0.05, 0.1) is 11.9 Å². The lowest BCUT2D eigenvalue weighted by Gasteiger charge is -2.24. The standard InChI is InChI=1S/C12H16N4O/c13-11-4-3-10(6-14-11)16-7-9-2-1-8(15-9)5-12(16)17/h3-4,6,8-9,15H,1-2,5,7H2,(H2,13,14)/t8-,9+/m1/s1. The van der Waals surface area contributed by atoms with Crippen LogP contribution in [0.3, 0.4) is 0 Å². The van der Waals surface area contributed by atoms with E-state index in [0.29, 0.717) is 24.3 Å². The van der Waals surface area contributed by atoms with E-state index in [-0.39, 0.29) is 5.91 Å². The predicted molar refractivity (Wildman–Crippen MR) is 65.6 cm³/mol. The van der Waals surface area contributed by atoms with E-state index in [1.807, 2.05) is 11.0 Å². The lowest BCUT2D eigenvalue weighted by Crippen LogP contribution is -2.37. The van der Waals surface area contributed by atoms with Crippen LogP contribution in [0.15, 0.2) is 18.3 Å². The predicted octanol–water partition coefficient (Wildman–Crippen LogP) is 0.521. The monoisotopic (exact) mass is 232 g/mol. The molecule has 0 spiro atoms. The molecule has 3 heterocycles. The van der Waals surface area contributed by atoms with Crippen molar-refractivity contribution in [3.05, 3.63) is 18.3 Å². The van der Waals surface area contributed by atoms with Crippen LogP contribution < -0.4 is 16.0 Å². The quantitative estimate of drug-likeness (QED) is 0.740. The number of amides is 1. The van der Waals surface area contributed by atoms with Crippen molar-refractivity contribution >= 4 is 17.4 Å². The zero-order valence-electron chi connectivity index (χ0n) is 9.60. The Morgan fingerprint density at radius 1 is 1.35 bits per heavy atom. The lowest BCUT2D eigenvalue weighted by atomic mass is 10.1. The van der Waals surface area contributed by atoms with Gasteiger partial charge in [0.2, 0.25) is 5.91 Å². The van der Waals surface area contributed by atoms with Crippen molar-refractivity contribution < 1.29 is 4.79 Å². The summed E-state index contributed by atoms with van der Waals surface area (Å²) in [5, 5.41) is 3.49. The number of pyridine rings is 1. The largest absolute Gasteiger partial charge is 0.384 e. The van der Waals surface area contributed by atoms with E-state index >= 15 is 0 Å². The zero-order chi connectivity index (χ0) is 11.8. The second-order valence-electron chi connectivity index (χ2n) is 4.79. The summed E-state index contributed by atoms with van der Waals surface area (Å²) in [6, 6.07) is 4.38. The van der Waals surface area contributed by atoms with E-state index in [2.05, 4.69) is 10.3 Å². The molecule has 5 nitrogen and oxygen atoms in total. The van der Waals surface area contributed by atoms with E-state index in [9.17, 15) is 4.79 Å². The summed E-state index contributed by atoms with van der Waals surface area (Å²) in [5.41, 5.74) is 6.40. The maximum atomic E-state index is 12.1. The molecule has 0 saturated carbocycles. The van der Waals surface area contributed by atoms with Crippen molar-refractivity contribution in [2.24, 2.45) is 0 Å². The fourth-order valence-corrected chi connectivity index (χ4v) is 2.66. The molecule has 2 fully saturated rings. The molecule has 3 N–H and O–H groups in total. The topological polar surface area (TPSA) is 71.2 Å². The summed E-state index contributed by atoms with van der Waals surface area (Å²) in [6.45, 7) is 0.737. The fourth-order valence-electron chi connectivity index (χ4n) is 2.66. The zero-order valence-corrected chi connectivity index (χ0v) is 9.60. The van der Waals surface area contributed by atoms with E-state index < -0.39 is 0 Å². The van der Waals surface area contributed by atoms with Crippen LogP contribution in [-0.2, 0) is 4.79 Å². The molecule has 0 radical (unpaired) electrons. The van der Waals surface area contributed by atoms with Gasteiger partial charge >= 0.3 is 0 Å². The van der Waals surface area contributed by atoms with Gasteiger partial charge in [-0.15, -0.1) is 0 Å². The van der Waals surface area contributed by atoms with Crippen molar-refractivity contribution in [1.82, 2.24) is 10.3 Å². The molecule has 2 saturated heterocycles. The van der Waals surface area contributed by atoms with Crippen LogP contribution in [-0.4, -0.2) is 29.5 Å². The third-order valence-electron chi connectivity index (χ3n) is 3.54. The van der Waals surface area contributed by atoms with Gasteiger partial charge in [-0.05, 0) is 25.0 Å². The normalized spacial score (nSPS) is 28.2. The molecule has 1 aromatic rings. The first-order chi connectivity index (χ1) is 8.22. The summed E-state index contributed by atoms with van der Waals surface area (Å²) in [7, 11) is 0. The molecule has 2 atom stereocenters. The number of hydrogen-bond acceptors (Lipinski definition) is 4. The van der Waals surface area contributed by atoms with Crippen LogP contribution in [0.25, 0.3) is 0 Å². The molecular weight excluding hydrogens is 216 g/mol. The molecule has 3 rings (SSSR count). The molecule has 2 bridgehead atoms. The number of fused-ring (bicyclic) bond motifs is 2. The molecular formula is C12H16N4O. The Morgan fingerprint density at radius 2 is 2.18 bits per heavy atom. The minimum Gasteiger partial charge on any atom is -0.384 e.